The van der Waals surface area contributed by atoms with Crippen molar-refractivity contribution in [1.29, 1.82) is 0 Å². The zero-order chi connectivity index (χ0) is 46.4. The molecule has 5 aromatic carbocycles. The number of rotatable bonds is 4. The molecule has 1 heteroatoms. The van der Waals surface area contributed by atoms with Gasteiger partial charge in [0.2, 0.25) is 0 Å². The SMILES string of the molecule is CC1=Cc2c(-c3ccc(C(C)(C)C)cc3)ccc3c2C1S(C)(C)(C)(C1C(C)=Cc2c(-c4ccc(C(C)(C)C)cc4)ccc(-c4ccc(C(C)(C)C)cc4)c21)C1CC3=CC=C1C(C)(C)C. The molecule has 3 unspecified atom stereocenters. The van der Waals surface area contributed by atoms with E-state index < -0.39 is 8.29 Å². The smallest absolute Gasteiger partial charge is 0.0264 e. The van der Waals surface area contributed by atoms with Crippen LogP contribution in [0.4, 0.5) is 0 Å². The van der Waals surface area contributed by atoms with Crippen LogP contribution in [0.1, 0.15) is 158 Å². The summed E-state index contributed by atoms with van der Waals surface area (Å²) in [6.45, 7) is 33.3. The van der Waals surface area contributed by atoms with E-state index in [4.69, 9.17) is 0 Å². The van der Waals surface area contributed by atoms with Gasteiger partial charge in [-0.2, -0.15) is 0 Å². The molecule has 0 saturated heterocycles. The van der Waals surface area contributed by atoms with E-state index >= 15 is 0 Å². The van der Waals surface area contributed by atoms with Crippen molar-refractivity contribution >= 4 is 26.0 Å². The zero-order valence-electron chi connectivity index (χ0n) is 42.4. The van der Waals surface area contributed by atoms with E-state index in [1.165, 1.54) is 89.0 Å². The number of hydrogen-bond acceptors (Lipinski definition) is 0. The molecule has 1 heterocycles. The van der Waals surface area contributed by atoms with Crippen molar-refractivity contribution in [2.24, 2.45) is 5.41 Å². The maximum absolute atomic E-state index is 3.56. The van der Waals surface area contributed by atoms with Crippen molar-refractivity contribution < 1.29 is 0 Å². The van der Waals surface area contributed by atoms with E-state index in [0.29, 0.717) is 5.25 Å². The van der Waals surface area contributed by atoms with Gasteiger partial charge in [0.05, 0.1) is 0 Å². The summed E-state index contributed by atoms with van der Waals surface area (Å²) >= 11 is 0. The number of benzene rings is 5. The molecule has 5 aromatic rings. The van der Waals surface area contributed by atoms with Crippen molar-refractivity contribution in [2.45, 2.75) is 135 Å². The third-order valence-electron chi connectivity index (χ3n) is 16.4. The Morgan fingerprint density at radius 3 is 1.12 bits per heavy atom. The normalized spacial score (nSPS) is 22.9. The molecule has 0 aromatic heterocycles. The molecule has 0 fully saturated rings. The van der Waals surface area contributed by atoms with Crippen LogP contribution >= 0.6 is 8.29 Å². The second-order valence-electron chi connectivity index (χ2n) is 26.0. The van der Waals surface area contributed by atoms with Gasteiger partial charge in [0.1, 0.15) is 0 Å². The summed E-state index contributed by atoms with van der Waals surface area (Å²) in [5, 5.41) is 0.811. The Kier molecular flexibility index (Phi) is 9.57. The molecule has 9 rings (SSSR count). The number of allylic oxidation sites excluding steroid dienone is 3. The molecule has 0 saturated carbocycles. The molecule has 0 radical (unpaired) electrons. The maximum atomic E-state index is 2.87. The van der Waals surface area contributed by atoms with E-state index in [1.807, 2.05) is 0 Å². The van der Waals surface area contributed by atoms with Gasteiger partial charge in [-0.25, -0.2) is 0 Å². The summed E-state index contributed by atoms with van der Waals surface area (Å²) in [6.07, 6.45) is 20.1. The fourth-order valence-electron chi connectivity index (χ4n) is 13.2. The summed E-state index contributed by atoms with van der Waals surface area (Å²) in [5.41, 5.74) is 26.0. The van der Waals surface area contributed by atoms with Crippen molar-refractivity contribution in [3.05, 3.63) is 170 Å². The quantitative estimate of drug-likeness (QED) is 0.169. The Labute approximate surface area is 387 Å². The Morgan fingerprint density at radius 1 is 0.406 bits per heavy atom. The number of fused-ring (bicyclic) bond motifs is 4. The highest BCUT2D eigenvalue weighted by molar-refractivity contribution is 8.64. The largest absolute Gasteiger partial charge is 0.257 e. The van der Waals surface area contributed by atoms with E-state index in [-0.39, 0.29) is 32.2 Å². The lowest BCUT2D eigenvalue weighted by molar-refractivity contribution is 0.482. The van der Waals surface area contributed by atoms with Crippen LogP contribution in [0.25, 0.3) is 51.1 Å². The second-order valence-corrected chi connectivity index (χ2v) is 35.0. The summed E-state index contributed by atoms with van der Waals surface area (Å²) < 4.78 is 0. The van der Waals surface area contributed by atoms with Gasteiger partial charge >= 0.3 is 0 Å². The molecule has 2 bridgehead atoms. The second kappa shape index (κ2) is 13.7. The summed E-state index contributed by atoms with van der Waals surface area (Å²) in [7, 11) is -3.56. The molecule has 64 heavy (non-hydrogen) atoms. The highest BCUT2D eigenvalue weighted by Crippen LogP contribution is 3.04. The fourth-order valence-corrected chi connectivity index (χ4v) is 22.1. The van der Waals surface area contributed by atoms with E-state index in [1.54, 1.807) is 11.1 Å². The molecule has 0 N–H and O–H groups in total. The molecule has 0 spiro atoms. The molecule has 4 aliphatic rings. The standard InChI is InChI=1S/C63H76S/c1-39-36-52-48(41-18-25-45(26-19-41)60(3,4)5)31-33-50(43-22-29-47(30-23-43)62(9,10)11)56(52)58(39)64(15,16,17)55-38-44(24-35-54(55)63(12,13)14)51-34-32-49(53-37-40(2)59(64)57(51)53)42-20-27-46(28-21-42)61(6,7)8/h18-37,55,58-59H,38H2,1-17H3. The lowest BCUT2D eigenvalue weighted by atomic mass is 9.78. The first-order valence-electron chi connectivity index (χ1n) is 24.0. The Balaban J connectivity index is 1.36. The lowest BCUT2D eigenvalue weighted by Gasteiger charge is -2.84. The van der Waals surface area contributed by atoms with Gasteiger partial charge in [-0.05, 0) is 144 Å². The predicted octanol–water partition coefficient (Wildman–Crippen LogP) is 18.1. The van der Waals surface area contributed by atoms with Crippen LogP contribution in [0.5, 0.6) is 0 Å². The number of hydrogen-bond donors (Lipinski definition) is 0. The van der Waals surface area contributed by atoms with Crippen LogP contribution in [-0.2, 0) is 16.2 Å². The minimum Gasteiger partial charge on any atom is -0.257 e. The molecule has 1 aliphatic heterocycles. The monoisotopic (exact) mass is 865 g/mol. The first kappa shape index (κ1) is 44.6. The van der Waals surface area contributed by atoms with Gasteiger partial charge in [0, 0.05) is 15.7 Å². The zero-order valence-corrected chi connectivity index (χ0v) is 43.2. The van der Waals surface area contributed by atoms with E-state index in [9.17, 15) is 0 Å². The summed E-state index contributed by atoms with van der Waals surface area (Å²) in [5.74, 6) is 0. The predicted molar refractivity (Wildman–Crippen MR) is 287 cm³/mol. The average molecular weight is 865 g/mol. The molecule has 0 amide bonds. The van der Waals surface area contributed by atoms with E-state index in [0.717, 1.165) is 6.42 Å². The van der Waals surface area contributed by atoms with Gasteiger partial charge in [-0.15, -0.1) is 0 Å². The maximum Gasteiger partial charge on any atom is 0.0264 e. The lowest BCUT2D eigenvalue weighted by Crippen LogP contribution is -2.53. The third kappa shape index (κ3) is 6.60. The van der Waals surface area contributed by atoms with Crippen molar-refractivity contribution in [3.8, 4) is 33.4 Å². The van der Waals surface area contributed by atoms with Crippen LogP contribution in [-0.4, -0.2) is 24.0 Å². The Morgan fingerprint density at radius 2 is 0.750 bits per heavy atom. The van der Waals surface area contributed by atoms with Gasteiger partial charge in [0.25, 0.3) is 0 Å². The van der Waals surface area contributed by atoms with Gasteiger partial charge in [-0.3, -0.25) is 8.29 Å². The first-order valence-corrected chi connectivity index (χ1v) is 27.9. The van der Waals surface area contributed by atoms with Gasteiger partial charge in [0.15, 0.2) is 0 Å². The van der Waals surface area contributed by atoms with E-state index in [2.05, 4.69) is 237 Å². The van der Waals surface area contributed by atoms with Crippen molar-refractivity contribution in [2.75, 3.05) is 18.8 Å². The van der Waals surface area contributed by atoms with Gasteiger partial charge < -0.3 is 0 Å². The fraction of sp³-hybridized carbons (Fsp3) is 0.397. The van der Waals surface area contributed by atoms with Crippen LogP contribution < -0.4 is 0 Å². The highest BCUT2D eigenvalue weighted by Gasteiger charge is 2.70. The van der Waals surface area contributed by atoms with Crippen molar-refractivity contribution in [1.82, 2.24) is 0 Å². The Hall–Kier alpha value is -4.59. The minimum absolute atomic E-state index is 0.00140. The van der Waals surface area contributed by atoms with Crippen LogP contribution in [0.2, 0.25) is 0 Å². The van der Waals surface area contributed by atoms with Crippen LogP contribution in [0.15, 0.2) is 126 Å². The van der Waals surface area contributed by atoms with Crippen LogP contribution in [0, 0.1) is 5.41 Å². The third-order valence-corrected chi connectivity index (χ3v) is 24.3. The summed E-state index contributed by atoms with van der Waals surface area (Å²) in [4.78, 5) is 0. The Bertz CT molecular complexity index is 2880. The molecule has 3 atom stereocenters. The molecule has 334 valence electrons. The summed E-state index contributed by atoms with van der Waals surface area (Å²) in [6, 6.07) is 38.5. The van der Waals surface area contributed by atoms with Gasteiger partial charge in [-0.1, -0.05) is 221 Å². The topological polar surface area (TPSA) is 0 Å². The first-order chi connectivity index (χ1) is 29.5. The minimum atomic E-state index is -3.56. The molecular weight excluding hydrogens is 789 g/mol. The molecule has 0 nitrogen and oxygen atoms in total. The average Bonchev–Trinajstić information content (AvgIpc) is 3.76. The molecular formula is C63H76S. The highest BCUT2D eigenvalue weighted by atomic mass is 32.4. The van der Waals surface area contributed by atoms with Crippen molar-refractivity contribution in [3.63, 3.8) is 0 Å². The van der Waals surface area contributed by atoms with Crippen LogP contribution in [0.3, 0.4) is 0 Å². The molecule has 3 aliphatic carbocycles.